The highest BCUT2D eigenvalue weighted by Crippen LogP contribution is 2.21. The van der Waals surface area contributed by atoms with Crippen molar-refractivity contribution in [2.45, 2.75) is 25.3 Å². The number of aromatic nitrogens is 2. The summed E-state index contributed by atoms with van der Waals surface area (Å²) in [6.07, 6.45) is 3.32. The zero-order valence-corrected chi connectivity index (χ0v) is 12.3. The molecule has 0 saturated heterocycles. The van der Waals surface area contributed by atoms with Crippen LogP contribution in [-0.2, 0) is 23.6 Å². The van der Waals surface area contributed by atoms with E-state index in [9.17, 15) is 12.8 Å². The van der Waals surface area contributed by atoms with Crippen LogP contribution in [-0.4, -0.2) is 18.2 Å². The molecule has 0 spiro atoms. The first kappa shape index (κ1) is 14.7. The highest BCUT2D eigenvalue weighted by Gasteiger charge is 2.20. The van der Waals surface area contributed by atoms with Crippen molar-refractivity contribution in [1.29, 1.82) is 0 Å². The Balaban J connectivity index is 2.27. The third-order valence-corrected chi connectivity index (χ3v) is 4.62. The van der Waals surface area contributed by atoms with Gasteiger partial charge in [0.05, 0.1) is 11.1 Å². The standard InChI is InChI=1S/C13H16FN3O2S/c1-9-4-12(14)5-10(2)13(9)20(18,19)16-7-11-6-15-17(3)8-11/h4-6,8,16H,7H2,1-3H3. The quantitative estimate of drug-likeness (QED) is 0.933. The van der Waals surface area contributed by atoms with Crippen molar-refractivity contribution in [3.8, 4) is 0 Å². The maximum Gasteiger partial charge on any atom is 0.241 e. The first-order valence-electron chi connectivity index (χ1n) is 6.03. The van der Waals surface area contributed by atoms with E-state index in [-0.39, 0.29) is 11.4 Å². The van der Waals surface area contributed by atoms with Gasteiger partial charge in [0.1, 0.15) is 5.82 Å². The molecule has 1 heterocycles. The molecule has 2 aromatic rings. The van der Waals surface area contributed by atoms with Gasteiger partial charge in [0.15, 0.2) is 0 Å². The Morgan fingerprint density at radius 2 is 1.90 bits per heavy atom. The van der Waals surface area contributed by atoms with Gasteiger partial charge in [0, 0.05) is 25.4 Å². The summed E-state index contributed by atoms with van der Waals surface area (Å²) in [5.74, 6) is -0.439. The monoisotopic (exact) mass is 297 g/mol. The van der Waals surface area contributed by atoms with E-state index in [1.807, 2.05) is 0 Å². The lowest BCUT2D eigenvalue weighted by atomic mass is 10.1. The molecular formula is C13H16FN3O2S. The molecule has 0 unspecified atom stereocenters. The molecular weight excluding hydrogens is 281 g/mol. The Hall–Kier alpha value is -1.73. The molecule has 0 bridgehead atoms. The average Bonchev–Trinajstić information content (AvgIpc) is 2.71. The lowest BCUT2D eigenvalue weighted by Crippen LogP contribution is -2.24. The molecule has 0 amide bonds. The van der Waals surface area contributed by atoms with Gasteiger partial charge in [-0.3, -0.25) is 4.68 Å². The van der Waals surface area contributed by atoms with Gasteiger partial charge in [-0.05, 0) is 37.1 Å². The smallest absolute Gasteiger partial charge is 0.241 e. The number of sulfonamides is 1. The van der Waals surface area contributed by atoms with E-state index >= 15 is 0 Å². The fourth-order valence-electron chi connectivity index (χ4n) is 2.13. The van der Waals surface area contributed by atoms with Crippen molar-refractivity contribution >= 4 is 10.0 Å². The van der Waals surface area contributed by atoms with Crippen LogP contribution in [0.15, 0.2) is 29.4 Å². The molecule has 108 valence electrons. The van der Waals surface area contributed by atoms with Crippen LogP contribution in [0, 0.1) is 19.7 Å². The van der Waals surface area contributed by atoms with Crippen LogP contribution in [0.2, 0.25) is 0 Å². The van der Waals surface area contributed by atoms with Crippen molar-refractivity contribution in [2.75, 3.05) is 0 Å². The Bertz CT molecular complexity index is 715. The van der Waals surface area contributed by atoms with Crippen molar-refractivity contribution in [3.05, 3.63) is 47.0 Å². The van der Waals surface area contributed by atoms with Crippen molar-refractivity contribution in [3.63, 3.8) is 0 Å². The third kappa shape index (κ3) is 3.05. The fraction of sp³-hybridized carbons (Fsp3) is 0.308. The van der Waals surface area contributed by atoms with Crippen LogP contribution in [0.5, 0.6) is 0 Å². The van der Waals surface area contributed by atoms with Gasteiger partial charge in [-0.15, -0.1) is 0 Å². The van der Waals surface area contributed by atoms with E-state index in [0.29, 0.717) is 11.1 Å². The molecule has 5 nitrogen and oxygen atoms in total. The van der Waals surface area contributed by atoms with Crippen LogP contribution in [0.4, 0.5) is 4.39 Å². The van der Waals surface area contributed by atoms with Gasteiger partial charge in [0.25, 0.3) is 0 Å². The predicted molar refractivity (Wildman–Crippen MR) is 73.1 cm³/mol. The van der Waals surface area contributed by atoms with E-state index < -0.39 is 15.8 Å². The first-order chi connectivity index (χ1) is 9.29. The number of hydrogen-bond donors (Lipinski definition) is 1. The number of aryl methyl sites for hydroxylation is 3. The number of rotatable bonds is 4. The lowest BCUT2D eigenvalue weighted by Gasteiger charge is -2.11. The molecule has 0 radical (unpaired) electrons. The van der Waals surface area contributed by atoms with Crippen LogP contribution in [0.3, 0.4) is 0 Å². The molecule has 2 rings (SSSR count). The summed E-state index contributed by atoms with van der Waals surface area (Å²) in [5.41, 5.74) is 1.54. The van der Waals surface area contributed by atoms with E-state index in [0.717, 1.165) is 5.56 Å². The Morgan fingerprint density at radius 1 is 1.30 bits per heavy atom. The maximum atomic E-state index is 13.2. The molecule has 0 atom stereocenters. The molecule has 1 N–H and O–H groups in total. The van der Waals surface area contributed by atoms with Gasteiger partial charge in [-0.25, -0.2) is 17.5 Å². The normalized spacial score (nSPS) is 11.8. The number of halogens is 1. The Morgan fingerprint density at radius 3 is 2.40 bits per heavy atom. The van der Waals surface area contributed by atoms with Gasteiger partial charge in [-0.1, -0.05) is 0 Å². The topological polar surface area (TPSA) is 64.0 Å². The molecule has 20 heavy (non-hydrogen) atoms. The molecule has 7 heteroatoms. The van der Waals surface area contributed by atoms with Crippen molar-refractivity contribution < 1.29 is 12.8 Å². The highest BCUT2D eigenvalue weighted by molar-refractivity contribution is 7.89. The van der Waals surface area contributed by atoms with E-state index in [1.54, 1.807) is 38.0 Å². The van der Waals surface area contributed by atoms with Gasteiger partial charge in [-0.2, -0.15) is 5.10 Å². The highest BCUT2D eigenvalue weighted by atomic mass is 32.2. The SMILES string of the molecule is Cc1cc(F)cc(C)c1S(=O)(=O)NCc1cnn(C)c1. The summed E-state index contributed by atoms with van der Waals surface area (Å²) in [6.45, 7) is 3.30. The van der Waals surface area contributed by atoms with Gasteiger partial charge >= 0.3 is 0 Å². The number of benzene rings is 1. The number of nitrogens with zero attached hydrogens (tertiary/aromatic N) is 2. The molecule has 0 aliphatic carbocycles. The predicted octanol–water partition coefficient (Wildman–Crippen LogP) is 1.65. The largest absolute Gasteiger partial charge is 0.275 e. The maximum absolute atomic E-state index is 13.2. The molecule has 0 saturated carbocycles. The average molecular weight is 297 g/mol. The fourth-order valence-corrected chi connectivity index (χ4v) is 3.60. The van der Waals surface area contributed by atoms with E-state index in [1.165, 1.54) is 12.1 Å². The Kier molecular flexibility index (Phi) is 3.92. The minimum atomic E-state index is -3.68. The number of nitrogens with one attached hydrogen (secondary N) is 1. The minimum Gasteiger partial charge on any atom is -0.275 e. The summed E-state index contributed by atoms with van der Waals surface area (Å²) in [7, 11) is -1.92. The first-order valence-corrected chi connectivity index (χ1v) is 7.52. The van der Waals surface area contributed by atoms with Crippen LogP contribution in [0.25, 0.3) is 0 Å². The minimum absolute atomic E-state index is 0.128. The molecule has 1 aromatic carbocycles. The summed E-state index contributed by atoms with van der Waals surface area (Å²) in [4.78, 5) is 0.128. The zero-order valence-electron chi connectivity index (χ0n) is 11.5. The molecule has 0 aliphatic rings. The van der Waals surface area contributed by atoms with Gasteiger partial charge < -0.3 is 0 Å². The zero-order chi connectivity index (χ0) is 14.9. The van der Waals surface area contributed by atoms with E-state index in [4.69, 9.17) is 0 Å². The molecule has 1 aromatic heterocycles. The lowest BCUT2D eigenvalue weighted by molar-refractivity contribution is 0.578. The summed E-state index contributed by atoms with van der Waals surface area (Å²) >= 11 is 0. The Labute approximate surface area is 117 Å². The number of hydrogen-bond acceptors (Lipinski definition) is 3. The molecule has 0 aliphatic heterocycles. The summed E-state index contributed by atoms with van der Waals surface area (Å²) in [6, 6.07) is 2.43. The third-order valence-electron chi connectivity index (χ3n) is 2.92. The second kappa shape index (κ2) is 5.34. The van der Waals surface area contributed by atoms with Crippen molar-refractivity contribution in [2.24, 2.45) is 7.05 Å². The van der Waals surface area contributed by atoms with Crippen LogP contribution in [0.1, 0.15) is 16.7 Å². The van der Waals surface area contributed by atoms with E-state index in [2.05, 4.69) is 9.82 Å². The van der Waals surface area contributed by atoms with Crippen molar-refractivity contribution in [1.82, 2.24) is 14.5 Å². The van der Waals surface area contributed by atoms with Gasteiger partial charge in [0.2, 0.25) is 10.0 Å². The second-order valence-corrected chi connectivity index (χ2v) is 6.42. The molecule has 0 fully saturated rings. The van der Waals surface area contributed by atoms with Crippen LogP contribution < -0.4 is 4.72 Å². The summed E-state index contributed by atoms with van der Waals surface area (Å²) in [5, 5.41) is 3.97. The summed E-state index contributed by atoms with van der Waals surface area (Å²) < 4.78 is 41.9. The second-order valence-electron chi connectivity index (χ2n) is 4.72. The van der Waals surface area contributed by atoms with Crippen LogP contribution >= 0.6 is 0 Å².